The summed E-state index contributed by atoms with van der Waals surface area (Å²) in [5.74, 6) is 0.320. The van der Waals surface area contributed by atoms with Crippen molar-refractivity contribution >= 4 is 11.5 Å². The fourth-order valence-corrected chi connectivity index (χ4v) is 2.40. The SMILES string of the molecule is Cc1cc2nc(C)c(N)n2nc1-c1ccccc1C(F)(F)F. The lowest BCUT2D eigenvalue weighted by molar-refractivity contribution is -0.137. The molecule has 0 amide bonds. The number of hydrogen-bond donors (Lipinski definition) is 1. The quantitative estimate of drug-likeness (QED) is 0.747. The van der Waals surface area contributed by atoms with E-state index in [-0.39, 0.29) is 11.3 Å². The van der Waals surface area contributed by atoms with Crippen LogP contribution in [0.2, 0.25) is 0 Å². The van der Waals surface area contributed by atoms with Crippen LogP contribution in [-0.4, -0.2) is 14.6 Å². The Labute approximate surface area is 124 Å². The highest BCUT2D eigenvalue weighted by Gasteiger charge is 2.34. The Morgan fingerprint density at radius 1 is 1.14 bits per heavy atom. The number of rotatable bonds is 1. The standard InChI is InChI=1S/C15H13F3N4/c1-8-7-12-20-9(2)14(19)22(12)21-13(8)10-5-3-4-6-11(10)15(16,17)18/h3-7H,19H2,1-2H3. The number of nitrogens with two attached hydrogens (primary N) is 1. The second-order valence-electron chi connectivity index (χ2n) is 5.07. The van der Waals surface area contributed by atoms with Crippen molar-refractivity contribution in [3.63, 3.8) is 0 Å². The predicted molar refractivity (Wildman–Crippen MR) is 77.3 cm³/mol. The van der Waals surface area contributed by atoms with E-state index in [2.05, 4.69) is 10.1 Å². The molecule has 0 aliphatic heterocycles. The van der Waals surface area contributed by atoms with Crippen molar-refractivity contribution in [2.45, 2.75) is 20.0 Å². The van der Waals surface area contributed by atoms with E-state index in [1.54, 1.807) is 26.0 Å². The van der Waals surface area contributed by atoms with Crippen LogP contribution in [0.4, 0.5) is 19.0 Å². The average Bonchev–Trinajstić information content (AvgIpc) is 2.72. The number of fused-ring (bicyclic) bond motifs is 1. The van der Waals surface area contributed by atoms with Gasteiger partial charge in [0.15, 0.2) is 5.65 Å². The number of aryl methyl sites for hydroxylation is 2. The lowest BCUT2D eigenvalue weighted by atomic mass is 10.0. The van der Waals surface area contributed by atoms with E-state index in [1.165, 1.54) is 16.6 Å². The summed E-state index contributed by atoms with van der Waals surface area (Å²) in [6, 6.07) is 7.04. The highest BCUT2D eigenvalue weighted by atomic mass is 19.4. The molecule has 2 heterocycles. The zero-order valence-corrected chi connectivity index (χ0v) is 11.9. The number of aromatic nitrogens is 3. The van der Waals surface area contributed by atoms with Gasteiger partial charge in [-0.3, -0.25) is 0 Å². The van der Waals surface area contributed by atoms with Crippen molar-refractivity contribution in [3.8, 4) is 11.3 Å². The fourth-order valence-electron chi connectivity index (χ4n) is 2.40. The first-order valence-electron chi connectivity index (χ1n) is 6.58. The first-order valence-corrected chi connectivity index (χ1v) is 6.58. The number of alkyl halides is 3. The highest BCUT2D eigenvalue weighted by Crippen LogP contribution is 2.37. The molecule has 22 heavy (non-hydrogen) atoms. The minimum absolute atomic E-state index is 0.0279. The van der Waals surface area contributed by atoms with E-state index < -0.39 is 11.7 Å². The molecule has 7 heteroatoms. The van der Waals surface area contributed by atoms with Crippen molar-refractivity contribution in [1.29, 1.82) is 0 Å². The van der Waals surface area contributed by atoms with Crippen molar-refractivity contribution in [1.82, 2.24) is 14.6 Å². The molecule has 1 aromatic carbocycles. The molecule has 0 fully saturated rings. The summed E-state index contributed by atoms with van der Waals surface area (Å²) in [4.78, 5) is 4.23. The maximum Gasteiger partial charge on any atom is 0.417 e. The third-order valence-corrected chi connectivity index (χ3v) is 3.50. The Balaban J connectivity index is 2.31. The third-order valence-electron chi connectivity index (χ3n) is 3.50. The number of imidazole rings is 1. The van der Waals surface area contributed by atoms with Gasteiger partial charge in [0.1, 0.15) is 5.82 Å². The van der Waals surface area contributed by atoms with Gasteiger partial charge in [0, 0.05) is 5.56 Å². The summed E-state index contributed by atoms with van der Waals surface area (Å²) in [7, 11) is 0. The van der Waals surface area contributed by atoms with E-state index in [0.717, 1.165) is 6.07 Å². The van der Waals surface area contributed by atoms with Crippen LogP contribution in [0.5, 0.6) is 0 Å². The molecule has 3 aromatic rings. The molecule has 0 aliphatic carbocycles. The Hall–Kier alpha value is -2.57. The summed E-state index contributed by atoms with van der Waals surface area (Å²) < 4.78 is 40.9. The van der Waals surface area contributed by atoms with Crippen molar-refractivity contribution in [2.24, 2.45) is 0 Å². The molecule has 4 nitrogen and oxygen atoms in total. The van der Waals surface area contributed by atoms with Crippen LogP contribution in [0.3, 0.4) is 0 Å². The lowest BCUT2D eigenvalue weighted by Gasteiger charge is -2.14. The summed E-state index contributed by atoms with van der Waals surface area (Å²) in [5.41, 5.74) is 7.13. The first kappa shape index (κ1) is 14.4. The maximum atomic E-state index is 13.2. The molecule has 0 bridgehead atoms. The van der Waals surface area contributed by atoms with Gasteiger partial charge in [-0.05, 0) is 31.5 Å². The molecule has 2 N–H and O–H groups in total. The second-order valence-corrected chi connectivity index (χ2v) is 5.07. The number of nitrogen functional groups attached to an aromatic ring is 1. The average molecular weight is 306 g/mol. The molecule has 0 radical (unpaired) electrons. The van der Waals surface area contributed by atoms with Crippen LogP contribution in [-0.2, 0) is 6.18 Å². The zero-order chi connectivity index (χ0) is 16.1. The maximum absolute atomic E-state index is 13.2. The van der Waals surface area contributed by atoms with Crippen molar-refractivity contribution in [2.75, 3.05) is 5.73 Å². The van der Waals surface area contributed by atoms with Gasteiger partial charge in [0.2, 0.25) is 0 Å². The largest absolute Gasteiger partial charge is 0.417 e. The van der Waals surface area contributed by atoms with Crippen LogP contribution < -0.4 is 5.73 Å². The molecule has 0 unspecified atom stereocenters. The van der Waals surface area contributed by atoms with Crippen molar-refractivity contribution in [3.05, 3.63) is 47.2 Å². The predicted octanol–water partition coefficient (Wildman–Crippen LogP) is 3.61. The van der Waals surface area contributed by atoms with Crippen LogP contribution in [0.25, 0.3) is 16.9 Å². The Morgan fingerprint density at radius 2 is 1.82 bits per heavy atom. The molecule has 0 saturated heterocycles. The Morgan fingerprint density at radius 3 is 2.50 bits per heavy atom. The first-order chi connectivity index (χ1) is 10.3. The molecule has 2 aromatic heterocycles. The summed E-state index contributed by atoms with van der Waals surface area (Å²) >= 11 is 0. The van der Waals surface area contributed by atoms with Gasteiger partial charge in [-0.25, -0.2) is 4.98 Å². The topological polar surface area (TPSA) is 56.2 Å². The van der Waals surface area contributed by atoms with Gasteiger partial charge in [0.05, 0.1) is 17.0 Å². The Kier molecular flexibility index (Phi) is 3.09. The van der Waals surface area contributed by atoms with Crippen LogP contribution in [0, 0.1) is 13.8 Å². The molecule has 0 aliphatic rings. The van der Waals surface area contributed by atoms with Crippen LogP contribution in [0.15, 0.2) is 30.3 Å². The number of benzene rings is 1. The molecule has 114 valence electrons. The van der Waals surface area contributed by atoms with Gasteiger partial charge < -0.3 is 5.73 Å². The molecular formula is C15H13F3N4. The summed E-state index contributed by atoms with van der Waals surface area (Å²) in [5, 5.41) is 4.27. The van der Waals surface area contributed by atoms with E-state index in [9.17, 15) is 13.2 Å². The second kappa shape index (κ2) is 4.72. The van der Waals surface area contributed by atoms with Crippen LogP contribution in [0.1, 0.15) is 16.8 Å². The number of anilines is 1. The van der Waals surface area contributed by atoms with E-state index in [0.29, 0.717) is 22.7 Å². The van der Waals surface area contributed by atoms with Gasteiger partial charge >= 0.3 is 6.18 Å². The van der Waals surface area contributed by atoms with Crippen LogP contribution >= 0.6 is 0 Å². The molecular weight excluding hydrogens is 293 g/mol. The fraction of sp³-hybridized carbons (Fsp3) is 0.200. The van der Waals surface area contributed by atoms with E-state index in [1.807, 2.05) is 0 Å². The highest BCUT2D eigenvalue weighted by molar-refractivity contribution is 5.69. The van der Waals surface area contributed by atoms with Gasteiger partial charge in [0.25, 0.3) is 0 Å². The molecule has 0 atom stereocenters. The summed E-state index contributed by atoms with van der Waals surface area (Å²) in [6.07, 6.45) is -4.45. The normalized spacial score (nSPS) is 12.0. The molecule has 3 rings (SSSR count). The van der Waals surface area contributed by atoms with Gasteiger partial charge in [-0.2, -0.15) is 22.8 Å². The van der Waals surface area contributed by atoms with Crippen molar-refractivity contribution < 1.29 is 13.2 Å². The monoisotopic (exact) mass is 306 g/mol. The van der Waals surface area contributed by atoms with Gasteiger partial charge in [-0.15, -0.1) is 0 Å². The van der Waals surface area contributed by atoms with Gasteiger partial charge in [-0.1, -0.05) is 18.2 Å². The zero-order valence-electron chi connectivity index (χ0n) is 11.9. The lowest BCUT2D eigenvalue weighted by Crippen LogP contribution is -2.09. The van der Waals surface area contributed by atoms with E-state index in [4.69, 9.17) is 5.73 Å². The minimum atomic E-state index is -4.45. The third kappa shape index (κ3) is 2.18. The minimum Gasteiger partial charge on any atom is -0.382 e. The summed E-state index contributed by atoms with van der Waals surface area (Å²) in [6.45, 7) is 3.43. The smallest absolute Gasteiger partial charge is 0.382 e. The Bertz CT molecular complexity index is 865. The molecule has 0 spiro atoms. The molecule has 0 saturated carbocycles. The number of nitrogens with zero attached hydrogens (tertiary/aromatic N) is 3. The number of halogens is 3. The number of hydrogen-bond acceptors (Lipinski definition) is 3. The van der Waals surface area contributed by atoms with E-state index >= 15 is 0 Å².